The van der Waals surface area contributed by atoms with E-state index in [0.29, 0.717) is 31.3 Å². The van der Waals surface area contributed by atoms with Crippen LogP contribution in [0.1, 0.15) is 31.7 Å². The van der Waals surface area contributed by atoms with Crippen molar-refractivity contribution in [1.29, 1.82) is 0 Å². The number of anilines is 1. The normalized spacial score (nSPS) is 10.3. The van der Waals surface area contributed by atoms with Gasteiger partial charge >= 0.3 is 12.0 Å². The Bertz CT molecular complexity index is 597. The van der Waals surface area contributed by atoms with Gasteiger partial charge in [0.2, 0.25) is 5.88 Å². The Labute approximate surface area is 128 Å². The summed E-state index contributed by atoms with van der Waals surface area (Å²) in [6, 6.07) is 3.28. The quantitative estimate of drug-likeness (QED) is 0.812. The molecule has 8 nitrogen and oxygen atoms in total. The van der Waals surface area contributed by atoms with Crippen molar-refractivity contribution in [3.8, 4) is 5.88 Å². The Morgan fingerprint density at radius 2 is 2.23 bits per heavy atom. The summed E-state index contributed by atoms with van der Waals surface area (Å²) >= 11 is 0. The number of rotatable bonds is 7. The van der Waals surface area contributed by atoms with Crippen LogP contribution in [0.25, 0.3) is 0 Å². The minimum Gasteiger partial charge on any atom is -0.478 e. The number of aryl methyl sites for hydroxylation is 1. The van der Waals surface area contributed by atoms with Crippen molar-refractivity contribution in [2.24, 2.45) is 0 Å². The van der Waals surface area contributed by atoms with Crippen molar-refractivity contribution in [3.63, 3.8) is 0 Å². The van der Waals surface area contributed by atoms with Gasteiger partial charge in [-0.25, -0.2) is 9.78 Å². The molecule has 0 aliphatic rings. The fourth-order valence-electron chi connectivity index (χ4n) is 1.58. The third-order valence-electron chi connectivity index (χ3n) is 2.71. The molecule has 0 spiro atoms. The number of carbonyl (C=O) groups is 1. The van der Waals surface area contributed by atoms with Crippen LogP contribution in [0.15, 0.2) is 22.9 Å². The highest BCUT2D eigenvalue weighted by atomic mass is 16.5. The standard InChI is InChI=1S/C14H19N5O3/c1-3-7-21-12-6-5-10(8-15-12)9-16-13(20)18-14-17-11(4-2)19-22-14/h5-6,8H,3-4,7,9H2,1-2H3,(H2,16,17,18,19,20). The third-order valence-corrected chi connectivity index (χ3v) is 2.71. The zero-order valence-corrected chi connectivity index (χ0v) is 12.6. The van der Waals surface area contributed by atoms with E-state index in [-0.39, 0.29) is 6.01 Å². The third kappa shape index (κ3) is 4.72. The Hall–Kier alpha value is -2.64. The van der Waals surface area contributed by atoms with Crippen LogP contribution in [0.4, 0.5) is 10.8 Å². The van der Waals surface area contributed by atoms with Gasteiger partial charge in [-0.05, 0) is 12.0 Å². The predicted molar refractivity (Wildman–Crippen MR) is 79.6 cm³/mol. The maximum absolute atomic E-state index is 11.7. The molecule has 22 heavy (non-hydrogen) atoms. The molecule has 0 bridgehead atoms. The second kappa shape index (κ2) is 7.96. The minimum absolute atomic E-state index is 0.0794. The number of aromatic nitrogens is 3. The van der Waals surface area contributed by atoms with Crippen molar-refractivity contribution < 1.29 is 14.1 Å². The molecule has 2 aromatic rings. The van der Waals surface area contributed by atoms with Crippen molar-refractivity contribution in [3.05, 3.63) is 29.7 Å². The Morgan fingerprint density at radius 3 is 2.86 bits per heavy atom. The molecule has 0 unspecified atom stereocenters. The summed E-state index contributed by atoms with van der Waals surface area (Å²) < 4.78 is 10.3. The van der Waals surface area contributed by atoms with Gasteiger partial charge in [-0.1, -0.05) is 25.1 Å². The number of hydrogen-bond donors (Lipinski definition) is 2. The summed E-state index contributed by atoms with van der Waals surface area (Å²) in [6.45, 7) is 4.90. The van der Waals surface area contributed by atoms with Crippen LogP contribution in [-0.2, 0) is 13.0 Å². The highest BCUT2D eigenvalue weighted by molar-refractivity contribution is 5.86. The first-order valence-corrected chi connectivity index (χ1v) is 7.16. The monoisotopic (exact) mass is 305 g/mol. The molecule has 2 amide bonds. The van der Waals surface area contributed by atoms with Gasteiger partial charge < -0.3 is 14.6 Å². The van der Waals surface area contributed by atoms with Crippen LogP contribution >= 0.6 is 0 Å². The first-order valence-electron chi connectivity index (χ1n) is 7.16. The zero-order chi connectivity index (χ0) is 15.8. The van der Waals surface area contributed by atoms with E-state index in [1.165, 1.54) is 0 Å². The summed E-state index contributed by atoms with van der Waals surface area (Å²) in [5, 5.41) is 8.84. The lowest BCUT2D eigenvalue weighted by molar-refractivity contribution is 0.250. The minimum atomic E-state index is -0.419. The van der Waals surface area contributed by atoms with E-state index in [1.807, 2.05) is 19.9 Å². The lowest BCUT2D eigenvalue weighted by atomic mass is 10.3. The number of nitrogens with zero attached hydrogens (tertiary/aromatic N) is 3. The van der Waals surface area contributed by atoms with Gasteiger partial charge in [0, 0.05) is 25.2 Å². The first-order chi connectivity index (χ1) is 10.7. The van der Waals surface area contributed by atoms with Crippen molar-refractivity contribution in [2.45, 2.75) is 33.2 Å². The fourth-order valence-corrected chi connectivity index (χ4v) is 1.58. The van der Waals surface area contributed by atoms with Gasteiger partial charge in [-0.2, -0.15) is 4.98 Å². The molecule has 8 heteroatoms. The second-order valence-corrected chi connectivity index (χ2v) is 4.53. The van der Waals surface area contributed by atoms with Crippen LogP contribution in [-0.4, -0.2) is 27.8 Å². The number of ether oxygens (including phenoxy) is 1. The van der Waals surface area contributed by atoms with E-state index in [9.17, 15) is 4.79 Å². The smallest absolute Gasteiger partial charge is 0.329 e. The average Bonchev–Trinajstić information content (AvgIpc) is 2.99. The largest absolute Gasteiger partial charge is 0.478 e. The molecular formula is C14H19N5O3. The van der Waals surface area contributed by atoms with E-state index in [2.05, 4.69) is 25.8 Å². The van der Waals surface area contributed by atoms with Crippen molar-refractivity contribution in [2.75, 3.05) is 11.9 Å². The molecule has 0 saturated heterocycles. The Balaban J connectivity index is 1.78. The Kier molecular flexibility index (Phi) is 5.70. The molecule has 118 valence electrons. The molecule has 0 aliphatic carbocycles. The number of urea groups is 1. The number of pyridine rings is 1. The van der Waals surface area contributed by atoms with E-state index >= 15 is 0 Å². The van der Waals surface area contributed by atoms with Gasteiger partial charge in [0.1, 0.15) is 0 Å². The van der Waals surface area contributed by atoms with Crippen LogP contribution in [0.5, 0.6) is 5.88 Å². The van der Waals surface area contributed by atoms with Crippen LogP contribution in [0.2, 0.25) is 0 Å². The van der Waals surface area contributed by atoms with Crippen LogP contribution in [0.3, 0.4) is 0 Å². The SMILES string of the molecule is CCCOc1ccc(CNC(=O)Nc2nc(CC)no2)cn1. The molecule has 2 N–H and O–H groups in total. The average molecular weight is 305 g/mol. The molecule has 0 aromatic carbocycles. The fraction of sp³-hybridized carbons (Fsp3) is 0.429. The molecular weight excluding hydrogens is 286 g/mol. The molecule has 0 radical (unpaired) electrons. The van der Waals surface area contributed by atoms with Gasteiger partial charge in [-0.15, -0.1) is 0 Å². The maximum atomic E-state index is 11.7. The lowest BCUT2D eigenvalue weighted by Gasteiger charge is -2.06. The molecule has 2 rings (SSSR count). The molecule has 2 heterocycles. The van der Waals surface area contributed by atoms with Crippen LogP contribution in [0, 0.1) is 0 Å². The second-order valence-electron chi connectivity index (χ2n) is 4.53. The van der Waals surface area contributed by atoms with Gasteiger partial charge in [0.25, 0.3) is 0 Å². The van der Waals surface area contributed by atoms with E-state index < -0.39 is 6.03 Å². The van der Waals surface area contributed by atoms with Crippen molar-refractivity contribution in [1.82, 2.24) is 20.4 Å². The summed E-state index contributed by atoms with van der Waals surface area (Å²) in [7, 11) is 0. The predicted octanol–water partition coefficient (Wildman–Crippen LogP) is 2.14. The lowest BCUT2D eigenvalue weighted by Crippen LogP contribution is -2.28. The van der Waals surface area contributed by atoms with E-state index in [0.717, 1.165) is 12.0 Å². The van der Waals surface area contributed by atoms with Crippen LogP contribution < -0.4 is 15.4 Å². The number of hydrogen-bond acceptors (Lipinski definition) is 6. The molecule has 0 atom stereocenters. The number of amides is 2. The summed E-state index contributed by atoms with van der Waals surface area (Å²) in [4.78, 5) is 19.8. The molecule has 2 aromatic heterocycles. The topological polar surface area (TPSA) is 102 Å². The maximum Gasteiger partial charge on any atom is 0.329 e. The summed E-state index contributed by atoms with van der Waals surface area (Å²) in [6.07, 6.45) is 3.23. The molecule has 0 aliphatic heterocycles. The summed E-state index contributed by atoms with van der Waals surface area (Å²) in [5.74, 6) is 1.12. The number of nitrogens with one attached hydrogen (secondary N) is 2. The number of carbonyl (C=O) groups excluding carboxylic acids is 1. The molecule has 0 saturated carbocycles. The highest BCUT2D eigenvalue weighted by Gasteiger charge is 2.08. The van der Waals surface area contributed by atoms with E-state index in [1.54, 1.807) is 12.3 Å². The van der Waals surface area contributed by atoms with Crippen molar-refractivity contribution >= 4 is 12.0 Å². The zero-order valence-electron chi connectivity index (χ0n) is 12.6. The van der Waals surface area contributed by atoms with Gasteiger partial charge in [0.05, 0.1) is 6.61 Å². The van der Waals surface area contributed by atoms with Gasteiger partial charge in [0.15, 0.2) is 5.82 Å². The first kappa shape index (κ1) is 15.7. The van der Waals surface area contributed by atoms with Gasteiger partial charge in [-0.3, -0.25) is 5.32 Å². The highest BCUT2D eigenvalue weighted by Crippen LogP contribution is 2.08. The molecule has 0 fully saturated rings. The summed E-state index contributed by atoms with van der Waals surface area (Å²) in [5.41, 5.74) is 0.860. The Morgan fingerprint density at radius 1 is 1.36 bits per heavy atom. The van der Waals surface area contributed by atoms with E-state index in [4.69, 9.17) is 9.26 Å².